The molecule has 2 aliphatic carbocycles. The average molecular weight is 1330 g/mol. The van der Waals surface area contributed by atoms with Gasteiger partial charge in [-0.15, -0.1) is 9.15 Å². The van der Waals surface area contributed by atoms with Crippen LogP contribution in [0.4, 0.5) is 22.7 Å². The SMILES string of the molecule is CC(C)c1cc2ccc3c([N+]4=C5C=CC=CC5Oc5cc6c7c8cccc9c%10cccc%11cccc(c(cc7n(-c7ccccc7)c6cc54)c98)c%11%10)c(C(C)C)cc4ccc(c1[N+]1=C5C=CC=CC5Oc5cc6c7c8cccc9c%10cccc%11cccc(c(cc7n(-c7ccccc7)c6cc51)c98)c%11%10)c2c43. The lowest BCUT2D eigenvalue weighted by Crippen LogP contribution is -2.37. The summed E-state index contributed by atoms with van der Waals surface area (Å²) in [5, 5.41) is 32.5. The number of ether oxygens (including phenoxy) is 2. The Labute approximate surface area is 597 Å². The van der Waals surface area contributed by atoms with Crippen LogP contribution in [0.2, 0.25) is 0 Å². The van der Waals surface area contributed by atoms with Gasteiger partial charge < -0.3 is 18.6 Å². The third-order valence-electron chi connectivity index (χ3n) is 23.9. The molecule has 20 aromatic rings. The Kier molecular flexibility index (Phi) is 11.2. The van der Waals surface area contributed by atoms with Crippen molar-refractivity contribution in [3.63, 3.8) is 0 Å². The molecule has 4 heterocycles. The molecular weight excluding hydrogens is 1270 g/mol. The predicted octanol–water partition coefficient (Wildman–Crippen LogP) is 25.5. The van der Waals surface area contributed by atoms with Crippen LogP contribution in [-0.4, -0.2) is 32.8 Å². The molecule has 0 saturated heterocycles. The maximum atomic E-state index is 7.43. The molecule has 18 aromatic carbocycles. The van der Waals surface area contributed by atoms with Gasteiger partial charge in [0.25, 0.3) is 11.4 Å². The highest BCUT2D eigenvalue weighted by atomic mass is 16.5. The molecule has 2 atom stereocenters. The Balaban J connectivity index is 0.777. The van der Waals surface area contributed by atoms with Crippen molar-refractivity contribution in [1.82, 2.24) is 18.3 Å². The quantitative estimate of drug-likeness (QED) is 0.0945. The molecule has 6 heteroatoms. The fourth-order valence-electron chi connectivity index (χ4n) is 19.7. The Hall–Kier alpha value is -12.9. The number of fused-ring (bicyclic) bond motifs is 16. The summed E-state index contributed by atoms with van der Waals surface area (Å²) in [6.07, 6.45) is 17.0. The lowest BCUT2D eigenvalue weighted by molar-refractivity contribution is 0.304. The van der Waals surface area contributed by atoms with E-state index in [1.165, 1.54) is 163 Å². The maximum Gasteiger partial charge on any atom is 0.255 e. The number of hydrogen-bond acceptors (Lipinski definition) is 2. The topological polar surface area (TPSA) is 34.3 Å². The van der Waals surface area contributed by atoms with Gasteiger partial charge >= 0.3 is 0 Å². The second-order valence-corrected chi connectivity index (χ2v) is 30.0. The first-order valence-corrected chi connectivity index (χ1v) is 36.7. The minimum Gasteiger partial charge on any atom is -0.468 e. The molecule has 2 aromatic heterocycles. The van der Waals surface area contributed by atoms with Gasteiger partial charge in [0.2, 0.25) is 35.0 Å². The van der Waals surface area contributed by atoms with Crippen LogP contribution in [0, 0.1) is 0 Å². The third-order valence-corrected chi connectivity index (χ3v) is 23.9. The van der Waals surface area contributed by atoms with Gasteiger partial charge in [0, 0.05) is 79.1 Å². The molecule has 4 aliphatic rings. The number of aromatic nitrogens is 2. The summed E-state index contributed by atoms with van der Waals surface area (Å²) in [6.45, 7) is 9.45. The van der Waals surface area contributed by atoms with Crippen molar-refractivity contribution in [2.75, 3.05) is 0 Å². The number of benzene rings is 18. The summed E-state index contributed by atoms with van der Waals surface area (Å²) < 4.78 is 25.1. The van der Waals surface area contributed by atoms with E-state index in [0.29, 0.717) is 0 Å². The predicted molar refractivity (Wildman–Crippen MR) is 441 cm³/mol. The molecule has 0 radical (unpaired) electrons. The fraction of sp³-hybridized carbons (Fsp3) is 0.0816. The second kappa shape index (κ2) is 20.4. The van der Waals surface area contributed by atoms with Crippen molar-refractivity contribution in [2.45, 2.75) is 51.7 Å². The van der Waals surface area contributed by atoms with Crippen molar-refractivity contribution >= 4 is 196 Å². The van der Waals surface area contributed by atoms with Gasteiger partial charge in [-0.25, -0.2) is 0 Å². The number of rotatable bonds is 6. The van der Waals surface area contributed by atoms with Crippen molar-refractivity contribution in [3.8, 4) is 22.9 Å². The molecule has 0 N–H and O–H groups in total. The molecule has 2 aliphatic heterocycles. The molecule has 0 spiro atoms. The standard InChI is InChI=1S/C98H64N4O2/c1-53(2)71-45-57-41-44-70-92-58(46-72(54(3)4)98(70)102-78-38-12-14-40-86(78)104-88-50-76-80(52-82(88)102)100(60-27-9-6-10-28-60)84-48-74-66-32-18-24-56-22-16-30-62(90(56)66)64-34-20-36-68(94(64)74)96(76)84)42-43-69(91(57)92)97(71)101-77-37-11-13-39-85(77)103-87-49-75-79(51-81(87)101)99(59-25-7-5-8-26-59)83-47-73-65-31-17-23-55-21-15-29-61(89(55)65)63-33-19-35-67(93(63)73)95(75)83/h5-54,85-86H,1-4H3/q+2. The number of allylic oxidation sites excluding steroid dienone is 4. The molecular formula is C98H64N4O2+2. The molecule has 0 bridgehead atoms. The average Bonchev–Trinajstić information content (AvgIpc) is 1.39. The molecule has 0 saturated carbocycles. The number of hydrogen-bond donors (Lipinski definition) is 0. The molecule has 2 unspecified atom stereocenters. The van der Waals surface area contributed by atoms with E-state index in [1.54, 1.807) is 0 Å². The van der Waals surface area contributed by atoms with E-state index in [9.17, 15) is 0 Å². The van der Waals surface area contributed by atoms with Gasteiger partial charge in [0.05, 0.1) is 32.8 Å². The summed E-state index contributed by atoms with van der Waals surface area (Å²) in [7, 11) is 0. The Morgan fingerprint density at radius 3 is 1.09 bits per heavy atom. The monoisotopic (exact) mass is 1330 g/mol. The van der Waals surface area contributed by atoms with Crippen LogP contribution in [0.1, 0.15) is 50.7 Å². The zero-order valence-electron chi connectivity index (χ0n) is 57.6. The molecule has 24 rings (SSSR count). The van der Waals surface area contributed by atoms with E-state index in [0.717, 1.165) is 67.5 Å². The highest BCUT2D eigenvalue weighted by Crippen LogP contribution is 2.56. The minimum atomic E-state index is -0.341. The summed E-state index contributed by atoms with van der Waals surface area (Å²) in [6, 6.07) is 92.4. The van der Waals surface area contributed by atoms with Crippen LogP contribution in [0.3, 0.4) is 0 Å². The van der Waals surface area contributed by atoms with Crippen molar-refractivity contribution in [1.29, 1.82) is 0 Å². The summed E-state index contributed by atoms with van der Waals surface area (Å²) in [5.41, 5.74) is 15.9. The van der Waals surface area contributed by atoms with Crippen LogP contribution in [-0.2, 0) is 0 Å². The van der Waals surface area contributed by atoms with Gasteiger partial charge in [0.1, 0.15) is 0 Å². The second-order valence-electron chi connectivity index (χ2n) is 30.0. The first-order valence-electron chi connectivity index (χ1n) is 36.7. The Morgan fingerprint density at radius 1 is 0.288 bits per heavy atom. The zero-order valence-corrected chi connectivity index (χ0v) is 57.6. The van der Waals surface area contributed by atoms with Gasteiger partial charge in [-0.05, 0) is 194 Å². The van der Waals surface area contributed by atoms with Crippen LogP contribution in [0.25, 0.3) is 173 Å². The molecule has 0 amide bonds. The summed E-state index contributed by atoms with van der Waals surface area (Å²) >= 11 is 0. The first-order chi connectivity index (χ1) is 51.3. The van der Waals surface area contributed by atoms with Crippen LogP contribution in [0.5, 0.6) is 11.5 Å². The maximum absolute atomic E-state index is 7.43. The Morgan fingerprint density at radius 2 is 0.673 bits per heavy atom. The first kappa shape index (κ1) is 56.8. The van der Waals surface area contributed by atoms with Crippen LogP contribution in [0.15, 0.2) is 291 Å². The smallest absolute Gasteiger partial charge is 0.255 e. The number of nitrogens with zero attached hydrogens (tertiary/aromatic N) is 4. The van der Waals surface area contributed by atoms with Gasteiger partial charge in [-0.2, -0.15) is 0 Å². The van der Waals surface area contributed by atoms with E-state index in [1.807, 2.05) is 0 Å². The molecule has 104 heavy (non-hydrogen) atoms. The normalized spacial score (nSPS) is 16.0. The van der Waals surface area contributed by atoms with Crippen LogP contribution < -0.4 is 18.6 Å². The fourth-order valence-corrected chi connectivity index (χ4v) is 19.7. The van der Waals surface area contributed by atoms with E-state index in [-0.39, 0.29) is 24.0 Å². The summed E-state index contributed by atoms with van der Waals surface area (Å²) in [4.78, 5) is 0. The van der Waals surface area contributed by atoms with Crippen molar-refractivity contribution in [3.05, 3.63) is 302 Å². The molecule has 6 nitrogen and oxygen atoms in total. The van der Waals surface area contributed by atoms with Gasteiger partial charge in [-0.1, -0.05) is 210 Å². The van der Waals surface area contributed by atoms with Gasteiger partial charge in [-0.3, -0.25) is 0 Å². The van der Waals surface area contributed by atoms with Gasteiger partial charge in [0.15, 0.2) is 11.5 Å². The third kappa shape index (κ3) is 7.33. The largest absolute Gasteiger partial charge is 0.468 e. The lowest BCUT2D eigenvalue weighted by Gasteiger charge is -2.27. The zero-order chi connectivity index (χ0) is 68.2. The van der Waals surface area contributed by atoms with Crippen LogP contribution >= 0.6 is 0 Å². The van der Waals surface area contributed by atoms with E-state index >= 15 is 0 Å². The minimum absolute atomic E-state index is 0.155. The van der Waals surface area contributed by atoms with E-state index in [4.69, 9.17) is 9.47 Å². The van der Waals surface area contributed by atoms with Crippen molar-refractivity contribution in [2.24, 2.45) is 0 Å². The van der Waals surface area contributed by atoms with E-state index in [2.05, 4.69) is 337 Å². The Bertz CT molecular complexity index is 7060. The highest BCUT2D eigenvalue weighted by molar-refractivity contribution is 6.41. The summed E-state index contributed by atoms with van der Waals surface area (Å²) in [5.74, 6) is 2.02. The lowest BCUT2D eigenvalue weighted by atomic mass is 9.85. The highest BCUT2D eigenvalue weighted by Gasteiger charge is 2.43. The van der Waals surface area contributed by atoms with Crippen molar-refractivity contribution < 1.29 is 9.47 Å². The molecule has 0 fully saturated rings. The number of para-hydroxylation sites is 2. The van der Waals surface area contributed by atoms with E-state index < -0.39 is 0 Å². The molecule has 486 valence electrons.